The lowest BCUT2D eigenvalue weighted by Crippen LogP contribution is -2.49. The minimum absolute atomic E-state index is 0.0252. The number of carbonyl (C=O) groups excluding carboxylic acids is 1. The summed E-state index contributed by atoms with van der Waals surface area (Å²) < 4.78 is 1.44. The van der Waals surface area contributed by atoms with Crippen molar-refractivity contribution in [2.24, 2.45) is 0 Å². The van der Waals surface area contributed by atoms with Crippen LogP contribution in [0, 0.1) is 6.07 Å². The number of fused-ring (bicyclic) bond motifs is 1. The van der Waals surface area contributed by atoms with Gasteiger partial charge in [0.15, 0.2) is 11.2 Å². The van der Waals surface area contributed by atoms with Crippen LogP contribution < -0.4 is 15.7 Å². The van der Waals surface area contributed by atoms with Gasteiger partial charge in [-0.25, -0.2) is 15.0 Å². The van der Waals surface area contributed by atoms with Gasteiger partial charge in [-0.05, 0) is 24.0 Å². The lowest BCUT2D eigenvalue weighted by Gasteiger charge is -2.36. The van der Waals surface area contributed by atoms with Crippen molar-refractivity contribution >= 4 is 45.8 Å². The van der Waals surface area contributed by atoms with Crippen LogP contribution in [-0.4, -0.2) is 56.5 Å². The van der Waals surface area contributed by atoms with Crippen LogP contribution in [0.5, 0.6) is 0 Å². The third-order valence-corrected chi connectivity index (χ3v) is 7.11. The number of aromatic nitrogens is 4. The number of hydrogen-bond acceptors (Lipinski definition) is 6. The Balaban J connectivity index is 2.08. The largest absolute Gasteiger partial charge is 0.366 e. The average Bonchev–Trinajstić information content (AvgIpc) is 2.88. The van der Waals surface area contributed by atoms with Crippen molar-refractivity contribution in [1.29, 1.82) is 0 Å². The van der Waals surface area contributed by atoms with E-state index in [-0.39, 0.29) is 39.1 Å². The average molecular weight is 541 g/mol. The predicted octanol–water partition coefficient (Wildman–Crippen LogP) is 2.68. The molecule has 0 aromatic carbocycles. The minimum atomic E-state index is -0.480. The highest BCUT2D eigenvalue weighted by atomic mass is 35.5. The van der Waals surface area contributed by atoms with E-state index in [9.17, 15) is 9.59 Å². The summed E-state index contributed by atoms with van der Waals surface area (Å²) in [5.74, 6) is -0.202. The molecule has 1 fully saturated rings. The fourth-order valence-corrected chi connectivity index (χ4v) is 4.94. The summed E-state index contributed by atoms with van der Waals surface area (Å²) in [4.78, 5) is 43.4. The molecule has 1 N–H and O–H groups in total. The Morgan fingerprint density at radius 2 is 1.68 bits per heavy atom. The van der Waals surface area contributed by atoms with E-state index >= 15 is 0 Å². The van der Waals surface area contributed by atoms with Crippen molar-refractivity contribution in [1.82, 2.24) is 24.4 Å². The number of piperazine rings is 1. The molecule has 3 aromatic heterocycles. The molecule has 11 heteroatoms. The zero-order valence-electron chi connectivity index (χ0n) is 21.2. The van der Waals surface area contributed by atoms with Crippen LogP contribution in [0.1, 0.15) is 56.5 Å². The number of halogens is 2. The van der Waals surface area contributed by atoms with Crippen LogP contribution in [0.4, 0.5) is 5.69 Å². The summed E-state index contributed by atoms with van der Waals surface area (Å²) >= 11 is 12.8. The number of pyridine rings is 2. The standard InChI is InChI=1S/C26H27Cl2N7O2/c1-6-19(36)33-7-9-34(10-8-33)22-16-11-18(27)24(28)32-25(16)35(26(37)17(22)12-29)23-20(14(2)3)30-13-31-21(23)15(4)5/h6,11,13-15H,1,7-10H2,2-5H3/p+1. The van der Waals surface area contributed by atoms with Gasteiger partial charge in [0, 0.05) is 31.6 Å². The Bertz CT molecular complexity index is 1470. The molecule has 1 aliphatic rings. The second kappa shape index (κ2) is 10.5. The van der Waals surface area contributed by atoms with E-state index in [0.29, 0.717) is 54.3 Å². The first-order valence-electron chi connectivity index (χ1n) is 12.0. The molecule has 0 bridgehead atoms. The van der Waals surface area contributed by atoms with Gasteiger partial charge in [-0.3, -0.25) is 14.2 Å². The molecule has 4 rings (SSSR count). The molecular formula is C26H28Cl2N7O2+. The van der Waals surface area contributed by atoms with Crippen LogP contribution in [0.2, 0.25) is 10.2 Å². The van der Waals surface area contributed by atoms with Gasteiger partial charge < -0.3 is 9.80 Å². The van der Waals surface area contributed by atoms with Crippen LogP contribution in [0.25, 0.3) is 16.7 Å². The van der Waals surface area contributed by atoms with E-state index in [1.165, 1.54) is 17.0 Å². The van der Waals surface area contributed by atoms with Crippen LogP contribution in [0.3, 0.4) is 0 Å². The van der Waals surface area contributed by atoms with E-state index in [2.05, 4.69) is 27.6 Å². The first kappa shape index (κ1) is 26.6. The number of rotatable bonds is 5. The molecule has 1 saturated heterocycles. The normalized spacial score (nSPS) is 13.9. The molecule has 0 spiro atoms. The smallest absolute Gasteiger partial charge is 0.316 e. The molecule has 0 radical (unpaired) electrons. The summed E-state index contributed by atoms with van der Waals surface area (Å²) in [6, 6.07) is 4.03. The number of carbonyl (C=O) groups is 1. The van der Waals surface area contributed by atoms with Crippen molar-refractivity contribution < 1.29 is 10.1 Å². The van der Waals surface area contributed by atoms with Gasteiger partial charge in [-0.15, -0.1) is 0 Å². The second-order valence-electron chi connectivity index (χ2n) is 9.44. The molecule has 0 aliphatic carbocycles. The van der Waals surface area contributed by atoms with Gasteiger partial charge >= 0.3 is 6.07 Å². The highest BCUT2D eigenvalue weighted by molar-refractivity contribution is 6.41. The summed E-state index contributed by atoms with van der Waals surface area (Å²) in [6.07, 6.45) is 2.79. The zero-order chi connectivity index (χ0) is 27.0. The molecule has 3 aromatic rings. The monoisotopic (exact) mass is 540 g/mol. The molecule has 0 atom stereocenters. The van der Waals surface area contributed by atoms with E-state index in [1.54, 1.807) is 11.0 Å². The minimum Gasteiger partial charge on any atom is -0.366 e. The van der Waals surface area contributed by atoms with E-state index < -0.39 is 5.56 Å². The molecule has 0 unspecified atom stereocenters. The van der Waals surface area contributed by atoms with E-state index in [0.717, 1.165) is 0 Å². The first-order valence-corrected chi connectivity index (χ1v) is 12.7. The Kier molecular flexibility index (Phi) is 7.53. The first-order chi connectivity index (χ1) is 17.6. The van der Waals surface area contributed by atoms with Gasteiger partial charge in [-0.2, -0.15) is 0 Å². The fourth-order valence-electron chi connectivity index (χ4n) is 4.66. The molecule has 1 aliphatic heterocycles. The maximum atomic E-state index is 14.1. The Hall–Kier alpha value is -3.48. The van der Waals surface area contributed by atoms with Crippen LogP contribution in [0.15, 0.2) is 29.8 Å². The zero-order valence-corrected chi connectivity index (χ0v) is 22.7. The van der Waals surface area contributed by atoms with Crippen molar-refractivity contribution in [2.75, 3.05) is 31.1 Å². The Morgan fingerprint density at radius 3 is 2.19 bits per heavy atom. The van der Waals surface area contributed by atoms with Gasteiger partial charge in [0.2, 0.25) is 5.91 Å². The van der Waals surface area contributed by atoms with Crippen molar-refractivity contribution in [2.45, 2.75) is 39.5 Å². The summed E-state index contributed by atoms with van der Waals surface area (Å²) in [5.41, 5.74) is 2.23. The Labute approximate surface area is 225 Å². The quantitative estimate of drug-likeness (QED) is 0.393. The lowest BCUT2D eigenvalue weighted by atomic mass is 10.0. The molecule has 192 valence electrons. The summed E-state index contributed by atoms with van der Waals surface area (Å²) in [6.45, 7) is 13.3. The van der Waals surface area contributed by atoms with Crippen LogP contribution >= 0.6 is 23.2 Å². The summed E-state index contributed by atoms with van der Waals surface area (Å²) in [5, 5.41) is 8.92. The maximum Gasteiger partial charge on any atom is 0.316 e. The topological polar surface area (TPSA) is 108 Å². The van der Waals surface area contributed by atoms with E-state index in [4.69, 9.17) is 28.5 Å². The molecule has 37 heavy (non-hydrogen) atoms. The Morgan fingerprint density at radius 1 is 1.08 bits per heavy atom. The number of amides is 1. The molecule has 9 nitrogen and oxygen atoms in total. The molecule has 0 saturated carbocycles. The van der Waals surface area contributed by atoms with Crippen molar-refractivity contribution in [3.8, 4) is 11.8 Å². The highest BCUT2D eigenvalue weighted by Gasteiger charge is 2.31. The molecule has 1 amide bonds. The third-order valence-electron chi connectivity index (χ3n) is 6.44. The van der Waals surface area contributed by atoms with Crippen LogP contribution in [-0.2, 0) is 4.79 Å². The van der Waals surface area contributed by atoms with Gasteiger partial charge in [0.05, 0.1) is 27.8 Å². The molecular weight excluding hydrogens is 513 g/mol. The number of nitrogens with zero attached hydrogens (tertiary/aromatic N) is 6. The predicted molar refractivity (Wildman–Crippen MR) is 144 cm³/mol. The van der Waals surface area contributed by atoms with Gasteiger partial charge in [0.1, 0.15) is 11.5 Å². The van der Waals surface area contributed by atoms with Crippen molar-refractivity contribution in [3.63, 3.8) is 0 Å². The number of anilines is 1. The van der Waals surface area contributed by atoms with E-state index in [1.807, 2.05) is 32.6 Å². The SMILES string of the molecule is C=CC(=O)N1CCN(c2c(C#[NH+])c(=O)n(-c3c(C(C)C)ncnc3C(C)C)c3nc(Cl)c(Cl)cc23)CC1. The lowest BCUT2D eigenvalue weighted by molar-refractivity contribution is -0.126. The number of nitrogens with one attached hydrogen (secondary N) is 1. The van der Waals surface area contributed by atoms with Crippen molar-refractivity contribution in [3.05, 3.63) is 62.5 Å². The third kappa shape index (κ3) is 4.67. The molecule has 4 heterocycles. The second-order valence-corrected chi connectivity index (χ2v) is 10.2. The van der Waals surface area contributed by atoms with Gasteiger partial charge in [-0.1, -0.05) is 62.7 Å². The summed E-state index contributed by atoms with van der Waals surface area (Å²) in [7, 11) is 0. The van der Waals surface area contributed by atoms with Gasteiger partial charge in [0.25, 0.3) is 5.56 Å². The number of hydrogen-bond donors (Lipinski definition) is 1. The maximum absolute atomic E-state index is 14.1. The fraction of sp³-hybridized carbons (Fsp3) is 0.385. The highest BCUT2D eigenvalue weighted by Crippen LogP contribution is 2.36.